The number of hydrogen-bond acceptors (Lipinski definition) is 5. The average molecular weight is 385 g/mol. The molecule has 0 radical (unpaired) electrons. The Morgan fingerprint density at radius 3 is 2.61 bits per heavy atom. The van der Waals surface area contributed by atoms with E-state index in [-0.39, 0.29) is 12.3 Å². The SMILES string of the molecule is COc1cc(C(=O)N(CCCC(=O)O)Cc2ccccc2)cc2c1OCCO2. The minimum absolute atomic E-state index is 0.00301. The van der Waals surface area contributed by atoms with Gasteiger partial charge in [0.1, 0.15) is 13.2 Å². The molecule has 0 atom stereocenters. The molecule has 1 aliphatic heterocycles. The summed E-state index contributed by atoms with van der Waals surface area (Å²) in [5.41, 5.74) is 1.38. The Morgan fingerprint density at radius 1 is 1.14 bits per heavy atom. The Balaban J connectivity index is 1.86. The van der Waals surface area contributed by atoms with Gasteiger partial charge in [0.05, 0.1) is 7.11 Å². The first-order valence-electron chi connectivity index (χ1n) is 9.11. The summed E-state index contributed by atoms with van der Waals surface area (Å²) in [4.78, 5) is 25.7. The molecule has 1 heterocycles. The zero-order valence-electron chi connectivity index (χ0n) is 15.7. The van der Waals surface area contributed by atoms with Crippen LogP contribution in [0, 0.1) is 0 Å². The monoisotopic (exact) mass is 385 g/mol. The summed E-state index contributed by atoms with van der Waals surface area (Å²) < 4.78 is 16.6. The van der Waals surface area contributed by atoms with Crippen molar-refractivity contribution in [2.75, 3.05) is 26.9 Å². The van der Waals surface area contributed by atoms with Crippen molar-refractivity contribution >= 4 is 11.9 Å². The Bertz CT molecular complexity index is 819. The summed E-state index contributed by atoms with van der Waals surface area (Å²) in [6, 6.07) is 12.9. The van der Waals surface area contributed by atoms with Crippen LogP contribution in [0.5, 0.6) is 17.2 Å². The first-order valence-corrected chi connectivity index (χ1v) is 9.11. The summed E-state index contributed by atoms with van der Waals surface area (Å²) in [6.45, 7) is 1.54. The first kappa shape index (κ1) is 19.5. The molecule has 1 N–H and O–H groups in total. The molecule has 0 aliphatic carbocycles. The van der Waals surface area contributed by atoms with Crippen molar-refractivity contribution in [1.29, 1.82) is 0 Å². The number of carboxylic acid groups (broad SMARTS) is 1. The van der Waals surface area contributed by atoms with Gasteiger partial charge in [-0.25, -0.2) is 0 Å². The van der Waals surface area contributed by atoms with Crippen molar-refractivity contribution in [3.63, 3.8) is 0 Å². The second kappa shape index (κ2) is 9.12. The van der Waals surface area contributed by atoms with Crippen molar-refractivity contribution in [3.05, 3.63) is 53.6 Å². The summed E-state index contributed by atoms with van der Waals surface area (Å²) in [7, 11) is 1.51. The fourth-order valence-electron chi connectivity index (χ4n) is 3.06. The Morgan fingerprint density at radius 2 is 1.89 bits per heavy atom. The van der Waals surface area contributed by atoms with Gasteiger partial charge in [-0.3, -0.25) is 9.59 Å². The molecule has 1 amide bonds. The number of hydrogen-bond donors (Lipinski definition) is 1. The summed E-state index contributed by atoms with van der Waals surface area (Å²) in [5, 5.41) is 8.92. The molecule has 0 saturated heterocycles. The van der Waals surface area contributed by atoms with Gasteiger partial charge >= 0.3 is 5.97 Å². The number of benzene rings is 2. The van der Waals surface area contributed by atoms with Gasteiger partial charge in [0, 0.05) is 25.1 Å². The van der Waals surface area contributed by atoms with Crippen molar-refractivity contribution in [2.24, 2.45) is 0 Å². The summed E-state index contributed by atoms with van der Waals surface area (Å²) >= 11 is 0. The third-order valence-electron chi connectivity index (χ3n) is 4.40. The molecule has 28 heavy (non-hydrogen) atoms. The molecule has 2 aromatic carbocycles. The molecule has 0 fully saturated rings. The second-order valence-electron chi connectivity index (χ2n) is 6.41. The lowest BCUT2D eigenvalue weighted by Gasteiger charge is -2.25. The predicted octanol–water partition coefficient (Wildman–Crippen LogP) is 2.97. The van der Waals surface area contributed by atoms with Crippen LogP contribution in [0.3, 0.4) is 0 Å². The molecule has 2 aromatic rings. The highest BCUT2D eigenvalue weighted by Crippen LogP contribution is 2.40. The topological polar surface area (TPSA) is 85.3 Å². The van der Waals surface area contributed by atoms with Gasteiger partial charge in [-0.05, 0) is 24.1 Å². The molecule has 7 heteroatoms. The smallest absolute Gasteiger partial charge is 0.303 e. The molecule has 7 nitrogen and oxygen atoms in total. The molecular formula is C21H23NO6. The van der Waals surface area contributed by atoms with E-state index >= 15 is 0 Å². The number of carbonyl (C=O) groups is 2. The van der Waals surface area contributed by atoms with Gasteiger partial charge in [0.15, 0.2) is 11.5 Å². The lowest BCUT2D eigenvalue weighted by Crippen LogP contribution is -2.32. The van der Waals surface area contributed by atoms with Gasteiger partial charge < -0.3 is 24.2 Å². The highest BCUT2D eigenvalue weighted by molar-refractivity contribution is 5.95. The maximum atomic E-state index is 13.2. The second-order valence-corrected chi connectivity index (χ2v) is 6.41. The van der Waals surface area contributed by atoms with E-state index in [1.54, 1.807) is 17.0 Å². The van der Waals surface area contributed by atoms with E-state index in [0.29, 0.717) is 55.5 Å². The van der Waals surface area contributed by atoms with Crippen molar-refractivity contribution in [1.82, 2.24) is 4.90 Å². The number of carbonyl (C=O) groups excluding carboxylic acids is 1. The number of nitrogens with zero attached hydrogens (tertiary/aromatic N) is 1. The first-order chi connectivity index (χ1) is 13.6. The maximum Gasteiger partial charge on any atom is 0.303 e. The molecule has 0 spiro atoms. The number of methoxy groups -OCH3 is 1. The van der Waals surface area contributed by atoms with E-state index in [9.17, 15) is 9.59 Å². The minimum atomic E-state index is -0.881. The normalized spacial score (nSPS) is 12.3. The Labute approximate surface area is 163 Å². The van der Waals surface area contributed by atoms with Gasteiger partial charge in [-0.1, -0.05) is 30.3 Å². The Hall–Kier alpha value is -3.22. The third-order valence-corrected chi connectivity index (χ3v) is 4.40. The van der Waals surface area contributed by atoms with E-state index < -0.39 is 5.97 Å². The lowest BCUT2D eigenvalue weighted by atomic mass is 10.1. The summed E-state index contributed by atoms with van der Waals surface area (Å²) in [6.07, 6.45) is 0.374. The molecule has 0 bridgehead atoms. The van der Waals surface area contributed by atoms with Crippen molar-refractivity contribution in [3.8, 4) is 17.2 Å². The number of aliphatic carboxylic acids is 1. The third kappa shape index (κ3) is 4.73. The van der Waals surface area contributed by atoms with E-state index in [0.717, 1.165) is 5.56 Å². The van der Waals surface area contributed by atoms with Crippen molar-refractivity contribution in [2.45, 2.75) is 19.4 Å². The zero-order valence-corrected chi connectivity index (χ0v) is 15.7. The molecule has 0 aromatic heterocycles. The number of ether oxygens (including phenoxy) is 3. The van der Waals surface area contributed by atoms with Crippen LogP contribution in [-0.4, -0.2) is 48.8 Å². The van der Waals surface area contributed by atoms with E-state index in [1.807, 2.05) is 30.3 Å². The molecule has 0 unspecified atom stereocenters. The fourth-order valence-corrected chi connectivity index (χ4v) is 3.06. The van der Waals surface area contributed by atoms with E-state index in [1.165, 1.54) is 7.11 Å². The minimum Gasteiger partial charge on any atom is -0.493 e. The highest BCUT2D eigenvalue weighted by Gasteiger charge is 2.24. The number of fused-ring (bicyclic) bond motifs is 1. The van der Waals surface area contributed by atoms with Crippen LogP contribution in [0.1, 0.15) is 28.8 Å². The van der Waals surface area contributed by atoms with Crippen LogP contribution < -0.4 is 14.2 Å². The average Bonchev–Trinajstić information content (AvgIpc) is 2.72. The predicted molar refractivity (Wildman–Crippen MR) is 102 cm³/mol. The van der Waals surface area contributed by atoms with Crippen LogP contribution in [0.2, 0.25) is 0 Å². The molecule has 0 saturated carbocycles. The molecular weight excluding hydrogens is 362 g/mol. The van der Waals surface area contributed by atoms with Crippen LogP contribution in [0.25, 0.3) is 0 Å². The highest BCUT2D eigenvalue weighted by atomic mass is 16.6. The van der Waals surface area contributed by atoms with Crippen LogP contribution >= 0.6 is 0 Å². The van der Waals surface area contributed by atoms with E-state index in [4.69, 9.17) is 19.3 Å². The zero-order chi connectivity index (χ0) is 19.9. The Kier molecular flexibility index (Phi) is 6.37. The van der Waals surface area contributed by atoms with Gasteiger partial charge in [-0.2, -0.15) is 0 Å². The quantitative estimate of drug-likeness (QED) is 0.752. The van der Waals surface area contributed by atoms with Crippen molar-refractivity contribution < 1.29 is 28.9 Å². The lowest BCUT2D eigenvalue weighted by molar-refractivity contribution is -0.137. The number of amides is 1. The van der Waals surface area contributed by atoms with Gasteiger partial charge in [-0.15, -0.1) is 0 Å². The van der Waals surface area contributed by atoms with Gasteiger partial charge in [0.25, 0.3) is 5.91 Å². The standard InChI is InChI=1S/C21H23NO6/c1-26-17-12-16(13-18-20(17)28-11-10-27-18)21(25)22(9-5-8-19(23)24)14-15-6-3-2-4-7-15/h2-4,6-7,12-13H,5,8-11,14H2,1H3,(H,23,24). The molecule has 1 aliphatic rings. The van der Waals surface area contributed by atoms with Crippen LogP contribution in [-0.2, 0) is 11.3 Å². The number of rotatable bonds is 8. The fraction of sp³-hybridized carbons (Fsp3) is 0.333. The number of carboxylic acids is 1. The molecule has 148 valence electrons. The van der Waals surface area contributed by atoms with Crippen LogP contribution in [0.15, 0.2) is 42.5 Å². The largest absolute Gasteiger partial charge is 0.493 e. The maximum absolute atomic E-state index is 13.2. The van der Waals surface area contributed by atoms with Crippen LogP contribution in [0.4, 0.5) is 0 Å². The van der Waals surface area contributed by atoms with E-state index in [2.05, 4.69) is 0 Å². The van der Waals surface area contributed by atoms with Gasteiger partial charge in [0.2, 0.25) is 5.75 Å². The summed E-state index contributed by atoms with van der Waals surface area (Å²) in [5.74, 6) is 0.299. The molecule has 3 rings (SSSR count).